The van der Waals surface area contributed by atoms with Crippen molar-refractivity contribution >= 4 is 27.5 Å². The van der Waals surface area contributed by atoms with Crippen molar-refractivity contribution in [1.29, 1.82) is 0 Å². The molecule has 0 spiro atoms. The second-order valence-corrected chi connectivity index (χ2v) is 5.88. The minimum absolute atomic E-state index is 0.329. The number of aryl methyl sites for hydroxylation is 1. The van der Waals surface area contributed by atoms with Gasteiger partial charge in [0.05, 0.1) is 17.3 Å². The lowest BCUT2D eigenvalue weighted by Crippen LogP contribution is -2.30. The van der Waals surface area contributed by atoms with Gasteiger partial charge in [0.1, 0.15) is 17.3 Å². The summed E-state index contributed by atoms with van der Waals surface area (Å²) in [5, 5.41) is 2.77. The molecular formula is C17H17BrFNO3. The quantitative estimate of drug-likeness (QED) is 0.839. The van der Waals surface area contributed by atoms with Crippen LogP contribution in [0.5, 0.6) is 11.5 Å². The lowest BCUT2D eigenvalue weighted by molar-refractivity contribution is -0.122. The Morgan fingerprint density at radius 3 is 2.57 bits per heavy atom. The fraction of sp³-hybridized carbons (Fsp3) is 0.235. The number of benzene rings is 2. The van der Waals surface area contributed by atoms with Gasteiger partial charge in [0.25, 0.3) is 5.91 Å². The number of hydrogen-bond donors (Lipinski definition) is 1. The Kier molecular flexibility index (Phi) is 5.60. The monoisotopic (exact) mass is 381 g/mol. The Morgan fingerprint density at radius 2 is 1.91 bits per heavy atom. The van der Waals surface area contributed by atoms with Crippen LogP contribution in [0.3, 0.4) is 0 Å². The molecular weight excluding hydrogens is 365 g/mol. The first kappa shape index (κ1) is 17.3. The molecule has 0 saturated carbocycles. The minimum atomic E-state index is -0.762. The van der Waals surface area contributed by atoms with Gasteiger partial charge in [0.15, 0.2) is 6.10 Å². The molecule has 1 N–H and O–H groups in total. The lowest BCUT2D eigenvalue weighted by Gasteiger charge is -2.17. The number of halogens is 2. The van der Waals surface area contributed by atoms with Crippen LogP contribution in [0.1, 0.15) is 12.5 Å². The molecule has 1 amide bonds. The van der Waals surface area contributed by atoms with E-state index in [1.807, 2.05) is 19.1 Å². The maximum Gasteiger partial charge on any atom is 0.265 e. The maximum absolute atomic E-state index is 13.1. The number of carbonyl (C=O) groups excluding carboxylic acids is 1. The van der Waals surface area contributed by atoms with E-state index in [1.54, 1.807) is 13.0 Å². The van der Waals surface area contributed by atoms with Crippen molar-refractivity contribution in [2.45, 2.75) is 20.0 Å². The van der Waals surface area contributed by atoms with Gasteiger partial charge in [-0.15, -0.1) is 0 Å². The summed E-state index contributed by atoms with van der Waals surface area (Å²) < 4.78 is 24.3. The fourth-order valence-corrected chi connectivity index (χ4v) is 2.41. The zero-order valence-electron chi connectivity index (χ0n) is 13.0. The molecule has 0 aliphatic heterocycles. The molecule has 2 aromatic rings. The topological polar surface area (TPSA) is 47.6 Å². The number of carbonyl (C=O) groups is 1. The Morgan fingerprint density at radius 1 is 1.22 bits per heavy atom. The third-order valence-electron chi connectivity index (χ3n) is 3.18. The van der Waals surface area contributed by atoms with Gasteiger partial charge >= 0.3 is 0 Å². The molecule has 0 fully saturated rings. The van der Waals surface area contributed by atoms with Crippen molar-refractivity contribution in [3.63, 3.8) is 0 Å². The molecule has 6 heteroatoms. The van der Waals surface area contributed by atoms with Gasteiger partial charge in [-0.2, -0.15) is 0 Å². The van der Waals surface area contributed by atoms with Gasteiger partial charge in [-0.1, -0.05) is 6.07 Å². The molecule has 1 atom stereocenters. The molecule has 2 rings (SSSR count). The van der Waals surface area contributed by atoms with E-state index in [2.05, 4.69) is 21.2 Å². The standard InChI is InChI=1S/C17H17BrFNO3/c1-10-4-6-16(22-3)14(8-10)20-17(21)11(2)23-15-7-5-12(19)9-13(15)18/h4-9,11H,1-3H3,(H,20,21)/t11-/m1/s1. The third-order valence-corrected chi connectivity index (χ3v) is 3.80. The Bertz CT molecular complexity index is 721. The Balaban J connectivity index is 2.10. The number of methoxy groups -OCH3 is 1. The van der Waals surface area contributed by atoms with Crippen molar-refractivity contribution in [1.82, 2.24) is 0 Å². The predicted molar refractivity (Wildman–Crippen MR) is 90.6 cm³/mol. The summed E-state index contributed by atoms with van der Waals surface area (Å²) >= 11 is 3.21. The molecule has 0 heterocycles. The predicted octanol–water partition coefficient (Wildman–Crippen LogP) is 4.31. The fourth-order valence-electron chi connectivity index (χ4n) is 1.97. The first-order valence-corrected chi connectivity index (χ1v) is 7.77. The van der Waals surface area contributed by atoms with Crippen molar-refractivity contribution in [2.75, 3.05) is 12.4 Å². The highest BCUT2D eigenvalue weighted by molar-refractivity contribution is 9.10. The first-order chi connectivity index (χ1) is 10.9. The first-order valence-electron chi connectivity index (χ1n) is 6.98. The molecule has 122 valence electrons. The summed E-state index contributed by atoms with van der Waals surface area (Å²) in [6.45, 7) is 3.54. The average Bonchev–Trinajstić information content (AvgIpc) is 2.50. The van der Waals surface area contributed by atoms with E-state index < -0.39 is 6.10 Å². The van der Waals surface area contributed by atoms with Crippen LogP contribution in [0, 0.1) is 12.7 Å². The average molecular weight is 382 g/mol. The minimum Gasteiger partial charge on any atom is -0.495 e. The van der Waals surface area contributed by atoms with E-state index in [4.69, 9.17) is 9.47 Å². The second kappa shape index (κ2) is 7.46. The SMILES string of the molecule is COc1ccc(C)cc1NC(=O)[C@@H](C)Oc1ccc(F)cc1Br. The lowest BCUT2D eigenvalue weighted by atomic mass is 10.2. The van der Waals surface area contributed by atoms with Gasteiger partial charge in [0.2, 0.25) is 0 Å². The zero-order chi connectivity index (χ0) is 17.0. The number of ether oxygens (including phenoxy) is 2. The van der Waals surface area contributed by atoms with Crippen molar-refractivity contribution in [2.24, 2.45) is 0 Å². The van der Waals surface area contributed by atoms with E-state index in [-0.39, 0.29) is 11.7 Å². The summed E-state index contributed by atoms with van der Waals surface area (Å²) in [5.41, 5.74) is 1.57. The highest BCUT2D eigenvalue weighted by Gasteiger charge is 2.18. The van der Waals surface area contributed by atoms with Crippen LogP contribution in [-0.4, -0.2) is 19.1 Å². The van der Waals surface area contributed by atoms with E-state index in [1.165, 1.54) is 25.3 Å². The number of rotatable bonds is 5. The number of amides is 1. The highest BCUT2D eigenvalue weighted by atomic mass is 79.9. The molecule has 0 radical (unpaired) electrons. The van der Waals surface area contributed by atoms with Crippen LogP contribution in [-0.2, 0) is 4.79 Å². The van der Waals surface area contributed by atoms with Gasteiger partial charge in [0, 0.05) is 0 Å². The zero-order valence-corrected chi connectivity index (χ0v) is 14.6. The largest absolute Gasteiger partial charge is 0.495 e. The van der Waals surface area contributed by atoms with Gasteiger partial charge in [-0.05, 0) is 65.7 Å². The van der Waals surface area contributed by atoms with Crippen molar-refractivity contribution < 1.29 is 18.7 Å². The van der Waals surface area contributed by atoms with Crippen LogP contribution in [0.4, 0.5) is 10.1 Å². The Hall–Kier alpha value is -2.08. The van der Waals surface area contributed by atoms with Gasteiger partial charge in [-0.25, -0.2) is 4.39 Å². The van der Waals surface area contributed by atoms with Crippen molar-refractivity contribution in [3.05, 3.63) is 52.3 Å². The highest BCUT2D eigenvalue weighted by Crippen LogP contribution is 2.28. The van der Waals surface area contributed by atoms with E-state index >= 15 is 0 Å². The van der Waals surface area contributed by atoms with Crippen LogP contribution >= 0.6 is 15.9 Å². The molecule has 0 aromatic heterocycles. The normalized spacial score (nSPS) is 11.7. The molecule has 23 heavy (non-hydrogen) atoms. The summed E-state index contributed by atoms with van der Waals surface area (Å²) in [6, 6.07) is 9.52. The van der Waals surface area contributed by atoms with E-state index in [0.717, 1.165) is 5.56 Å². The third kappa shape index (κ3) is 4.45. The molecule has 0 bridgehead atoms. The van der Waals surface area contributed by atoms with E-state index in [9.17, 15) is 9.18 Å². The molecule has 4 nitrogen and oxygen atoms in total. The molecule has 2 aromatic carbocycles. The van der Waals surface area contributed by atoms with Crippen LogP contribution in [0.15, 0.2) is 40.9 Å². The number of anilines is 1. The van der Waals surface area contributed by atoms with Crippen LogP contribution < -0.4 is 14.8 Å². The molecule has 0 aliphatic carbocycles. The summed E-state index contributed by atoms with van der Waals surface area (Å²) in [4.78, 5) is 12.3. The number of hydrogen-bond acceptors (Lipinski definition) is 3. The summed E-state index contributed by atoms with van der Waals surface area (Å²) in [6.07, 6.45) is -0.762. The van der Waals surface area contributed by atoms with Crippen molar-refractivity contribution in [3.8, 4) is 11.5 Å². The van der Waals surface area contributed by atoms with Crippen LogP contribution in [0.25, 0.3) is 0 Å². The smallest absolute Gasteiger partial charge is 0.265 e. The molecule has 0 saturated heterocycles. The van der Waals surface area contributed by atoms with E-state index in [0.29, 0.717) is 21.7 Å². The molecule has 0 unspecified atom stereocenters. The summed E-state index contributed by atoms with van der Waals surface area (Å²) in [7, 11) is 1.54. The number of nitrogens with one attached hydrogen (secondary N) is 1. The summed E-state index contributed by atoms with van der Waals surface area (Å²) in [5.74, 6) is 0.250. The maximum atomic E-state index is 13.1. The Labute approximate surface area is 142 Å². The van der Waals surface area contributed by atoms with Gasteiger partial charge < -0.3 is 14.8 Å². The van der Waals surface area contributed by atoms with Crippen LogP contribution in [0.2, 0.25) is 0 Å². The van der Waals surface area contributed by atoms with Gasteiger partial charge in [-0.3, -0.25) is 4.79 Å². The second-order valence-electron chi connectivity index (χ2n) is 5.03. The molecule has 0 aliphatic rings.